The van der Waals surface area contributed by atoms with Gasteiger partial charge in [-0.15, -0.1) is 0 Å². The first-order chi connectivity index (χ1) is 13.1. The Morgan fingerprint density at radius 1 is 1.33 bits per heavy atom. The fraction of sp³-hybridized carbons (Fsp3) is 0.421. The Kier molecular flexibility index (Phi) is 5.95. The van der Waals surface area contributed by atoms with Crippen molar-refractivity contribution in [1.29, 1.82) is 0 Å². The summed E-state index contributed by atoms with van der Waals surface area (Å²) in [6.07, 6.45) is 6.36. The number of anilines is 1. The van der Waals surface area contributed by atoms with E-state index in [0.29, 0.717) is 30.3 Å². The van der Waals surface area contributed by atoms with Crippen LogP contribution in [0.1, 0.15) is 12.8 Å². The second-order valence-corrected chi connectivity index (χ2v) is 6.39. The second-order valence-electron chi connectivity index (χ2n) is 6.39. The SMILES string of the molecule is COc1ccc(N2CC(C(=O)NCCCn3ccnc3)CC2=O)c(OC)c1. The summed E-state index contributed by atoms with van der Waals surface area (Å²) in [5.41, 5.74) is 0.652. The Labute approximate surface area is 158 Å². The maximum Gasteiger partial charge on any atom is 0.227 e. The molecule has 1 atom stereocenters. The Balaban J connectivity index is 1.56. The largest absolute Gasteiger partial charge is 0.497 e. The van der Waals surface area contributed by atoms with Crippen molar-refractivity contribution < 1.29 is 19.1 Å². The molecule has 1 unspecified atom stereocenters. The molecule has 1 N–H and O–H groups in total. The molecule has 1 aliphatic heterocycles. The summed E-state index contributed by atoms with van der Waals surface area (Å²) < 4.78 is 12.5. The van der Waals surface area contributed by atoms with Crippen LogP contribution in [-0.2, 0) is 16.1 Å². The first-order valence-corrected chi connectivity index (χ1v) is 8.88. The summed E-state index contributed by atoms with van der Waals surface area (Å²) in [7, 11) is 3.12. The van der Waals surface area contributed by atoms with Crippen LogP contribution in [0.5, 0.6) is 11.5 Å². The van der Waals surface area contributed by atoms with Gasteiger partial charge in [-0.25, -0.2) is 4.98 Å². The van der Waals surface area contributed by atoms with Crippen molar-refractivity contribution in [3.63, 3.8) is 0 Å². The van der Waals surface area contributed by atoms with Crippen LogP contribution in [0, 0.1) is 5.92 Å². The van der Waals surface area contributed by atoms with Gasteiger partial charge in [0.1, 0.15) is 11.5 Å². The molecule has 2 amide bonds. The van der Waals surface area contributed by atoms with E-state index in [4.69, 9.17) is 9.47 Å². The van der Waals surface area contributed by atoms with E-state index >= 15 is 0 Å². The Morgan fingerprint density at radius 2 is 2.19 bits per heavy atom. The zero-order chi connectivity index (χ0) is 19.2. The number of nitrogens with one attached hydrogen (secondary N) is 1. The Hall–Kier alpha value is -3.03. The summed E-state index contributed by atoms with van der Waals surface area (Å²) in [5.74, 6) is 0.650. The highest BCUT2D eigenvalue weighted by Crippen LogP contribution is 2.35. The predicted molar refractivity (Wildman–Crippen MR) is 99.9 cm³/mol. The zero-order valence-corrected chi connectivity index (χ0v) is 15.6. The first kappa shape index (κ1) is 18.8. The van der Waals surface area contributed by atoms with Gasteiger partial charge in [0.15, 0.2) is 0 Å². The van der Waals surface area contributed by atoms with Crippen LogP contribution in [0.4, 0.5) is 5.69 Å². The zero-order valence-electron chi connectivity index (χ0n) is 15.6. The van der Waals surface area contributed by atoms with E-state index in [1.54, 1.807) is 49.8 Å². The number of carbonyl (C=O) groups excluding carboxylic acids is 2. The number of imidazole rings is 1. The van der Waals surface area contributed by atoms with Crippen LogP contribution in [0.2, 0.25) is 0 Å². The predicted octanol–water partition coefficient (Wildman–Crippen LogP) is 1.46. The maximum absolute atomic E-state index is 12.4. The van der Waals surface area contributed by atoms with Gasteiger partial charge in [-0.3, -0.25) is 9.59 Å². The minimum atomic E-state index is -0.363. The maximum atomic E-state index is 12.4. The minimum Gasteiger partial charge on any atom is -0.497 e. The van der Waals surface area contributed by atoms with Gasteiger partial charge in [0.2, 0.25) is 11.8 Å². The smallest absolute Gasteiger partial charge is 0.227 e. The van der Waals surface area contributed by atoms with Gasteiger partial charge < -0.3 is 24.3 Å². The third-order valence-electron chi connectivity index (χ3n) is 4.63. The molecule has 144 valence electrons. The van der Waals surface area contributed by atoms with Crippen LogP contribution in [0.3, 0.4) is 0 Å². The van der Waals surface area contributed by atoms with E-state index in [2.05, 4.69) is 10.3 Å². The fourth-order valence-electron chi connectivity index (χ4n) is 3.16. The average molecular weight is 372 g/mol. The number of ether oxygens (including phenoxy) is 2. The molecule has 0 bridgehead atoms. The molecule has 0 spiro atoms. The van der Waals surface area contributed by atoms with E-state index in [0.717, 1.165) is 13.0 Å². The highest BCUT2D eigenvalue weighted by molar-refractivity contribution is 6.01. The fourth-order valence-corrected chi connectivity index (χ4v) is 3.16. The molecule has 27 heavy (non-hydrogen) atoms. The minimum absolute atomic E-state index is 0.0861. The normalized spacial score (nSPS) is 16.4. The molecular weight excluding hydrogens is 348 g/mol. The molecule has 1 fully saturated rings. The van der Waals surface area contributed by atoms with Crippen LogP contribution in [-0.4, -0.2) is 48.7 Å². The number of methoxy groups -OCH3 is 2. The number of hydrogen-bond donors (Lipinski definition) is 1. The van der Waals surface area contributed by atoms with Crippen LogP contribution < -0.4 is 19.7 Å². The quantitative estimate of drug-likeness (QED) is 0.709. The van der Waals surface area contributed by atoms with Crippen molar-refractivity contribution in [2.45, 2.75) is 19.4 Å². The molecule has 0 saturated carbocycles. The van der Waals surface area contributed by atoms with E-state index in [1.807, 2.05) is 10.8 Å². The number of benzene rings is 1. The van der Waals surface area contributed by atoms with Crippen molar-refractivity contribution >= 4 is 17.5 Å². The molecular formula is C19H24N4O4. The van der Waals surface area contributed by atoms with E-state index in [1.165, 1.54) is 0 Å². The molecule has 1 aliphatic rings. The number of hydrogen-bond acceptors (Lipinski definition) is 5. The number of aromatic nitrogens is 2. The lowest BCUT2D eigenvalue weighted by Crippen LogP contribution is -2.33. The molecule has 1 aromatic heterocycles. The number of nitrogens with zero attached hydrogens (tertiary/aromatic N) is 3. The van der Waals surface area contributed by atoms with Crippen molar-refractivity contribution in [2.24, 2.45) is 5.92 Å². The van der Waals surface area contributed by atoms with Crippen molar-refractivity contribution in [3.05, 3.63) is 36.9 Å². The van der Waals surface area contributed by atoms with Crippen molar-refractivity contribution in [2.75, 3.05) is 32.2 Å². The average Bonchev–Trinajstić information content (AvgIpc) is 3.34. The van der Waals surface area contributed by atoms with E-state index in [-0.39, 0.29) is 24.2 Å². The first-order valence-electron chi connectivity index (χ1n) is 8.88. The lowest BCUT2D eigenvalue weighted by atomic mass is 10.1. The molecule has 1 saturated heterocycles. The standard InChI is InChI=1S/C19H24N4O4/c1-26-15-4-5-16(17(11-15)27-2)23-12-14(10-18(23)24)19(25)21-6-3-8-22-9-7-20-13-22/h4-5,7,9,11,13-14H,3,6,8,10,12H2,1-2H3,(H,21,25). The van der Waals surface area contributed by atoms with Gasteiger partial charge in [-0.1, -0.05) is 0 Å². The van der Waals surface area contributed by atoms with Crippen molar-refractivity contribution in [1.82, 2.24) is 14.9 Å². The molecule has 0 aliphatic carbocycles. The number of amides is 2. The summed E-state index contributed by atoms with van der Waals surface area (Å²) >= 11 is 0. The summed E-state index contributed by atoms with van der Waals surface area (Å²) in [6.45, 7) is 1.70. The lowest BCUT2D eigenvalue weighted by Gasteiger charge is -2.20. The molecule has 2 heterocycles. The van der Waals surface area contributed by atoms with E-state index < -0.39 is 0 Å². The molecule has 3 rings (SSSR count). The molecule has 1 aromatic carbocycles. The van der Waals surface area contributed by atoms with Gasteiger partial charge in [-0.05, 0) is 18.6 Å². The van der Waals surface area contributed by atoms with Crippen molar-refractivity contribution in [3.8, 4) is 11.5 Å². The summed E-state index contributed by atoms with van der Waals surface area (Å²) in [5, 5.41) is 2.92. The van der Waals surface area contributed by atoms with E-state index in [9.17, 15) is 9.59 Å². The molecule has 8 nitrogen and oxygen atoms in total. The molecule has 8 heteroatoms. The number of carbonyl (C=O) groups is 2. The Bertz CT molecular complexity index is 791. The molecule has 0 radical (unpaired) electrons. The van der Waals surface area contributed by atoms with Gasteiger partial charge in [0.05, 0.1) is 32.2 Å². The summed E-state index contributed by atoms with van der Waals surface area (Å²) in [4.78, 5) is 30.5. The van der Waals surface area contributed by atoms with Crippen LogP contribution >= 0.6 is 0 Å². The highest BCUT2D eigenvalue weighted by Gasteiger charge is 2.36. The monoisotopic (exact) mass is 372 g/mol. The third kappa shape index (κ3) is 4.39. The van der Waals surface area contributed by atoms with Gasteiger partial charge in [-0.2, -0.15) is 0 Å². The number of rotatable bonds is 8. The number of aryl methyl sites for hydroxylation is 1. The third-order valence-corrected chi connectivity index (χ3v) is 4.63. The van der Waals surface area contributed by atoms with Crippen LogP contribution in [0.15, 0.2) is 36.9 Å². The second kappa shape index (κ2) is 8.57. The van der Waals surface area contributed by atoms with Gasteiger partial charge >= 0.3 is 0 Å². The van der Waals surface area contributed by atoms with Gasteiger partial charge in [0, 0.05) is 44.5 Å². The van der Waals surface area contributed by atoms with Crippen LogP contribution in [0.25, 0.3) is 0 Å². The molecule has 2 aromatic rings. The summed E-state index contributed by atoms with van der Waals surface area (Å²) in [6, 6.07) is 5.28. The topological polar surface area (TPSA) is 85.7 Å². The lowest BCUT2D eigenvalue weighted by molar-refractivity contribution is -0.126. The van der Waals surface area contributed by atoms with Gasteiger partial charge in [0.25, 0.3) is 0 Å². The highest BCUT2D eigenvalue weighted by atomic mass is 16.5. The Morgan fingerprint density at radius 3 is 2.89 bits per heavy atom.